The largest absolute Gasteiger partial charge is 0.478 e. The summed E-state index contributed by atoms with van der Waals surface area (Å²) in [5.74, 6) is 0.258. The maximum absolute atomic E-state index is 10.9. The minimum Gasteiger partial charge on any atom is -0.478 e. The summed E-state index contributed by atoms with van der Waals surface area (Å²) in [6, 6.07) is 12.1. The van der Waals surface area contributed by atoms with Gasteiger partial charge in [-0.25, -0.2) is 4.79 Å². The fourth-order valence-electron chi connectivity index (χ4n) is 1.55. The molecule has 2 aromatic carbocycles. The number of carboxylic acids is 1. The number of carboxylic acid groups (broad SMARTS) is 1. The van der Waals surface area contributed by atoms with E-state index in [-0.39, 0.29) is 5.56 Å². The van der Waals surface area contributed by atoms with E-state index in [0.29, 0.717) is 11.5 Å². The fraction of sp³-hybridized carbons (Fsp3) is 0.0714. The molecule has 3 nitrogen and oxygen atoms in total. The molecule has 2 aromatic rings. The highest BCUT2D eigenvalue weighted by Crippen LogP contribution is 2.27. The molecule has 0 fully saturated rings. The monoisotopic (exact) mass is 306 g/mol. The number of benzene rings is 2. The maximum atomic E-state index is 10.9. The number of aromatic carboxylic acids is 1. The van der Waals surface area contributed by atoms with Gasteiger partial charge in [-0.05, 0) is 48.9 Å². The molecular weight excluding hydrogens is 296 g/mol. The molecule has 0 radical (unpaired) electrons. The van der Waals surface area contributed by atoms with E-state index >= 15 is 0 Å². The molecule has 4 heteroatoms. The summed E-state index contributed by atoms with van der Waals surface area (Å²) in [4.78, 5) is 10.9. The van der Waals surface area contributed by atoms with Crippen LogP contribution < -0.4 is 4.74 Å². The van der Waals surface area contributed by atoms with Gasteiger partial charge in [0.25, 0.3) is 0 Å². The van der Waals surface area contributed by atoms with Crippen LogP contribution in [0.5, 0.6) is 11.5 Å². The summed E-state index contributed by atoms with van der Waals surface area (Å²) in [6.45, 7) is 1.93. The van der Waals surface area contributed by atoms with Gasteiger partial charge < -0.3 is 9.84 Å². The van der Waals surface area contributed by atoms with Crippen molar-refractivity contribution < 1.29 is 14.6 Å². The zero-order valence-electron chi connectivity index (χ0n) is 9.68. The first-order valence-electron chi connectivity index (χ1n) is 5.33. The lowest BCUT2D eigenvalue weighted by Crippen LogP contribution is -1.96. The van der Waals surface area contributed by atoms with Crippen LogP contribution in [0.3, 0.4) is 0 Å². The Balaban J connectivity index is 2.28. The predicted octanol–water partition coefficient (Wildman–Crippen LogP) is 4.25. The summed E-state index contributed by atoms with van der Waals surface area (Å²) >= 11 is 3.38. The lowest BCUT2D eigenvalue weighted by molar-refractivity contribution is 0.0696. The molecule has 0 heterocycles. The average molecular weight is 307 g/mol. The second-order valence-corrected chi connectivity index (χ2v) is 4.76. The van der Waals surface area contributed by atoms with Gasteiger partial charge in [-0.1, -0.05) is 22.0 Å². The first kappa shape index (κ1) is 12.6. The molecule has 0 aliphatic heterocycles. The van der Waals surface area contributed by atoms with Crippen molar-refractivity contribution in [3.05, 3.63) is 58.1 Å². The normalized spacial score (nSPS) is 10.1. The minimum atomic E-state index is -0.965. The van der Waals surface area contributed by atoms with Crippen molar-refractivity contribution in [2.45, 2.75) is 6.92 Å². The van der Waals surface area contributed by atoms with Crippen LogP contribution in [-0.4, -0.2) is 11.1 Å². The molecule has 0 saturated carbocycles. The van der Waals surface area contributed by atoms with Crippen molar-refractivity contribution in [1.82, 2.24) is 0 Å². The van der Waals surface area contributed by atoms with Gasteiger partial charge in [0.15, 0.2) is 0 Å². The number of hydrogen-bond donors (Lipinski definition) is 1. The molecular formula is C14H11BrO3. The van der Waals surface area contributed by atoms with Crippen molar-refractivity contribution in [2.75, 3.05) is 0 Å². The summed E-state index contributed by atoms with van der Waals surface area (Å²) in [5, 5.41) is 8.90. The Hall–Kier alpha value is -1.81. The van der Waals surface area contributed by atoms with Gasteiger partial charge >= 0.3 is 5.97 Å². The summed E-state index contributed by atoms with van der Waals surface area (Å²) in [7, 11) is 0. The first-order valence-corrected chi connectivity index (χ1v) is 6.13. The number of ether oxygens (including phenoxy) is 1. The van der Waals surface area contributed by atoms with E-state index in [9.17, 15) is 4.79 Å². The van der Waals surface area contributed by atoms with E-state index in [1.807, 2.05) is 25.1 Å². The molecule has 0 aliphatic rings. The van der Waals surface area contributed by atoms with Gasteiger partial charge in [0.2, 0.25) is 0 Å². The Morgan fingerprint density at radius 2 is 2.00 bits per heavy atom. The summed E-state index contributed by atoms with van der Waals surface area (Å²) < 4.78 is 6.65. The topological polar surface area (TPSA) is 46.5 Å². The third-order valence-corrected chi connectivity index (χ3v) is 2.94. The standard InChI is InChI=1S/C14H11BrO3/c1-9-7-11(15)5-6-13(9)18-12-4-2-3-10(8-12)14(16)17/h2-8H,1H3,(H,16,17). The van der Waals surface area contributed by atoms with Gasteiger partial charge in [-0.3, -0.25) is 0 Å². The Bertz CT molecular complexity index is 593. The zero-order chi connectivity index (χ0) is 13.1. The van der Waals surface area contributed by atoms with Crippen molar-refractivity contribution in [3.63, 3.8) is 0 Å². The van der Waals surface area contributed by atoms with E-state index in [4.69, 9.17) is 9.84 Å². The van der Waals surface area contributed by atoms with Crippen molar-refractivity contribution in [2.24, 2.45) is 0 Å². The Morgan fingerprint density at radius 3 is 2.67 bits per heavy atom. The molecule has 1 N–H and O–H groups in total. The number of halogens is 1. The molecule has 0 spiro atoms. The molecule has 0 bridgehead atoms. The summed E-state index contributed by atoms with van der Waals surface area (Å²) in [6.07, 6.45) is 0. The number of rotatable bonds is 3. The van der Waals surface area contributed by atoms with E-state index in [1.54, 1.807) is 12.1 Å². The van der Waals surface area contributed by atoms with Crippen LogP contribution in [0.1, 0.15) is 15.9 Å². The molecule has 0 saturated heterocycles. The van der Waals surface area contributed by atoms with E-state index < -0.39 is 5.97 Å². The highest BCUT2D eigenvalue weighted by atomic mass is 79.9. The lowest BCUT2D eigenvalue weighted by atomic mass is 10.2. The quantitative estimate of drug-likeness (QED) is 0.922. The number of aryl methyl sites for hydroxylation is 1. The molecule has 0 aromatic heterocycles. The van der Waals surface area contributed by atoms with Gasteiger partial charge in [0.1, 0.15) is 11.5 Å². The highest BCUT2D eigenvalue weighted by molar-refractivity contribution is 9.10. The molecule has 0 atom stereocenters. The Labute approximate surface area is 113 Å². The van der Waals surface area contributed by atoms with Crippen LogP contribution >= 0.6 is 15.9 Å². The Morgan fingerprint density at radius 1 is 1.22 bits per heavy atom. The van der Waals surface area contributed by atoms with Crippen molar-refractivity contribution >= 4 is 21.9 Å². The van der Waals surface area contributed by atoms with Crippen molar-refractivity contribution in [3.8, 4) is 11.5 Å². The third-order valence-electron chi connectivity index (χ3n) is 2.45. The number of carbonyl (C=O) groups is 1. The van der Waals surface area contributed by atoms with Gasteiger partial charge in [0, 0.05) is 4.47 Å². The first-order chi connectivity index (χ1) is 8.56. The second-order valence-electron chi connectivity index (χ2n) is 3.84. The molecule has 0 aliphatic carbocycles. The van der Waals surface area contributed by atoms with Gasteiger partial charge in [-0.15, -0.1) is 0 Å². The average Bonchev–Trinajstić information content (AvgIpc) is 2.33. The Kier molecular flexibility index (Phi) is 3.67. The van der Waals surface area contributed by atoms with E-state index in [0.717, 1.165) is 10.0 Å². The summed E-state index contributed by atoms with van der Waals surface area (Å²) in [5.41, 5.74) is 1.19. The highest BCUT2D eigenvalue weighted by Gasteiger charge is 2.06. The molecule has 0 amide bonds. The maximum Gasteiger partial charge on any atom is 0.335 e. The van der Waals surface area contributed by atoms with Gasteiger partial charge in [-0.2, -0.15) is 0 Å². The number of hydrogen-bond acceptors (Lipinski definition) is 2. The van der Waals surface area contributed by atoms with Gasteiger partial charge in [0.05, 0.1) is 5.56 Å². The zero-order valence-corrected chi connectivity index (χ0v) is 11.3. The SMILES string of the molecule is Cc1cc(Br)ccc1Oc1cccc(C(=O)O)c1. The fourth-order valence-corrected chi connectivity index (χ4v) is 2.02. The van der Waals surface area contributed by atoms with E-state index in [1.165, 1.54) is 12.1 Å². The molecule has 2 rings (SSSR count). The molecule has 92 valence electrons. The van der Waals surface area contributed by atoms with Crippen LogP contribution in [0.25, 0.3) is 0 Å². The van der Waals surface area contributed by atoms with E-state index in [2.05, 4.69) is 15.9 Å². The molecule has 0 unspecified atom stereocenters. The predicted molar refractivity (Wildman–Crippen MR) is 72.4 cm³/mol. The van der Waals surface area contributed by atoms with Crippen LogP contribution in [0.15, 0.2) is 46.9 Å². The lowest BCUT2D eigenvalue weighted by Gasteiger charge is -2.09. The van der Waals surface area contributed by atoms with Crippen molar-refractivity contribution in [1.29, 1.82) is 0 Å². The smallest absolute Gasteiger partial charge is 0.335 e. The second kappa shape index (κ2) is 5.23. The van der Waals surface area contributed by atoms with Crippen LogP contribution in [0.4, 0.5) is 0 Å². The van der Waals surface area contributed by atoms with Crippen LogP contribution in [0.2, 0.25) is 0 Å². The third kappa shape index (κ3) is 2.90. The van der Waals surface area contributed by atoms with Crippen LogP contribution in [-0.2, 0) is 0 Å². The minimum absolute atomic E-state index is 0.210. The van der Waals surface area contributed by atoms with Crippen LogP contribution in [0, 0.1) is 6.92 Å². The molecule has 18 heavy (non-hydrogen) atoms.